The number of amides is 1. The fraction of sp³-hybridized carbons (Fsp3) is 0.261. The van der Waals surface area contributed by atoms with E-state index in [1.54, 1.807) is 13.2 Å². The summed E-state index contributed by atoms with van der Waals surface area (Å²) in [5.74, 6) is 0.284. The number of ether oxygens (including phenoxy) is 2. The lowest BCUT2D eigenvalue weighted by Crippen LogP contribution is -2.31. The fourth-order valence-corrected chi connectivity index (χ4v) is 3.83. The van der Waals surface area contributed by atoms with E-state index in [9.17, 15) is 9.59 Å². The summed E-state index contributed by atoms with van der Waals surface area (Å²) >= 11 is 1.33. The Morgan fingerprint density at radius 1 is 1.16 bits per heavy atom. The van der Waals surface area contributed by atoms with Gasteiger partial charge in [0.1, 0.15) is 5.75 Å². The number of thioether (sulfide) groups is 1. The van der Waals surface area contributed by atoms with Crippen LogP contribution in [-0.4, -0.2) is 36.4 Å². The molecule has 31 heavy (non-hydrogen) atoms. The molecular weight excluding hydrogens is 414 g/mol. The van der Waals surface area contributed by atoms with E-state index in [2.05, 4.69) is 15.6 Å². The number of anilines is 1. The van der Waals surface area contributed by atoms with Crippen LogP contribution < -0.4 is 15.4 Å². The van der Waals surface area contributed by atoms with Crippen LogP contribution >= 0.6 is 11.8 Å². The van der Waals surface area contributed by atoms with Gasteiger partial charge in [0.2, 0.25) is 5.91 Å². The van der Waals surface area contributed by atoms with Crippen molar-refractivity contribution in [3.8, 4) is 5.75 Å². The Morgan fingerprint density at radius 3 is 2.74 bits per heavy atom. The minimum atomic E-state index is -0.384. The molecular formula is C23H25N3O4S. The Bertz CT molecular complexity index is 1020. The third kappa shape index (κ3) is 6.36. The molecule has 8 heteroatoms. The van der Waals surface area contributed by atoms with E-state index in [1.165, 1.54) is 18.9 Å². The van der Waals surface area contributed by atoms with Gasteiger partial charge < -0.3 is 20.1 Å². The van der Waals surface area contributed by atoms with E-state index < -0.39 is 0 Å². The third-order valence-corrected chi connectivity index (χ3v) is 5.58. The molecule has 0 aromatic heterocycles. The number of esters is 1. The first kappa shape index (κ1) is 22.4. The molecule has 2 aromatic carbocycles. The molecule has 2 N–H and O–H groups in total. The summed E-state index contributed by atoms with van der Waals surface area (Å²) in [5.41, 5.74) is 3.15. The molecule has 1 heterocycles. The Labute approximate surface area is 185 Å². The van der Waals surface area contributed by atoms with Gasteiger partial charge in [-0.3, -0.25) is 9.59 Å². The number of methoxy groups -OCH3 is 2. The van der Waals surface area contributed by atoms with Gasteiger partial charge in [0, 0.05) is 12.2 Å². The number of carbonyl (C=O) groups excluding carboxylic acids is 2. The zero-order chi connectivity index (χ0) is 22.2. The first-order valence-electron chi connectivity index (χ1n) is 9.78. The second-order valence-electron chi connectivity index (χ2n) is 6.84. The second kappa shape index (κ2) is 10.7. The van der Waals surface area contributed by atoms with Crippen molar-refractivity contribution in [2.45, 2.75) is 25.1 Å². The maximum Gasteiger partial charge on any atom is 0.311 e. The van der Waals surface area contributed by atoms with Crippen LogP contribution in [0.25, 0.3) is 0 Å². The topological polar surface area (TPSA) is 89.0 Å². The van der Waals surface area contributed by atoms with Crippen molar-refractivity contribution >= 4 is 40.1 Å². The lowest BCUT2D eigenvalue weighted by atomic mass is 10.2. The smallest absolute Gasteiger partial charge is 0.311 e. The summed E-state index contributed by atoms with van der Waals surface area (Å²) in [6.45, 7) is 2.23. The molecule has 1 aliphatic heterocycles. The molecule has 0 fully saturated rings. The summed E-state index contributed by atoms with van der Waals surface area (Å²) in [6, 6.07) is 15.1. The molecule has 0 spiro atoms. The van der Waals surface area contributed by atoms with Gasteiger partial charge in [-0.05, 0) is 42.8 Å². The summed E-state index contributed by atoms with van der Waals surface area (Å²) in [4.78, 5) is 29.1. The van der Waals surface area contributed by atoms with E-state index in [4.69, 9.17) is 9.47 Å². The van der Waals surface area contributed by atoms with Crippen molar-refractivity contribution in [2.75, 3.05) is 19.5 Å². The monoisotopic (exact) mass is 439 g/mol. The van der Waals surface area contributed by atoms with Gasteiger partial charge in [-0.1, -0.05) is 36.0 Å². The summed E-state index contributed by atoms with van der Waals surface area (Å²) in [5, 5.41) is 6.44. The predicted molar refractivity (Wildman–Crippen MR) is 124 cm³/mol. The number of carbonyl (C=O) groups is 2. The van der Waals surface area contributed by atoms with Gasteiger partial charge in [0.25, 0.3) is 0 Å². The minimum absolute atomic E-state index is 0.0842. The van der Waals surface area contributed by atoms with Gasteiger partial charge in [0.15, 0.2) is 0 Å². The lowest BCUT2D eigenvalue weighted by Gasteiger charge is -2.13. The third-order valence-electron chi connectivity index (χ3n) is 4.56. The Hall–Kier alpha value is -3.26. The number of benzene rings is 2. The van der Waals surface area contributed by atoms with Crippen molar-refractivity contribution < 1.29 is 19.1 Å². The first-order chi connectivity index (χ1) is 15.0. The Balaban J connectivity index is 1.70. The molecule has 0 saturated carbocycles. The number of hydrogen-bond acceptors (Lipinski definition) is 7. The molecule has 7 nitrogen and oxygen atoms in total. The zero-order valence-corrected chi connectivity index (χ0v) is 18.5. The van der Waals surface area contributed by atoms with Crippen LogP contribution in [0, 0.1) is 0 Å². The normalized spacial score (nSPS) is 13.5. The number of fused-ring (bicyclic) bond motifs is 1. The quantitative estimate of drug-likeness (QED) is 0.633. The molecule has 1 aliphatic rings. The van der Waals surface area contributed by atoms with E-state index in [0.29, 0.717) is 17.3 Å². The van der Waals surface area contributed by atoms with Crippen LogP contribution in [-0.2, 0) is 20.9 Å². The Kier molecular flexibility index (Phi) is 7.72. The molecule has 0 bridgehead atoms. The van der Waals surface area contributed by atoms with Crippen molar-refractivity contribution in [3.05, 3.63) is 65.9 Å². The number of nitrogens with zero attached hydrogens (tertiary/aromatic N) is 1. The van der Waals surface area contributed by atoms with E-state index >= 15 is 0 Å². The maximum absolute atomic E-state index is 12.7. The average molecular weight is 440 g/mol. The van der Waals surface area contributed by atoms with Crippen molar-refractivity contribution in [1.29, 1.82) is 0 Å². The van der Waals surface area contributed by atoms with Crippen molar-refractivity contribution in [2.24, 2.45) is 4.99 Å². The largest absolute Gasteiger partial charge is 0.497 e. The molecule has 2 aromatic rings. The van der Waals surface area contributed by atoms with E-state index in [-0.39, 0.29) is 23.5 Å². The number of para-hydroxylation sites is 2. The van der Waals surface area contributed by atoms with Gasteiger partial charge in [-0.2, -0.15) is 0 Å². The highest BCUT2D eigenvalue weighted by atomic mass is 32.2. The molecule has 1 amide bonds. The van der Waals surface area contributed by atoms with E-state index in [1.807, 2.05) is 55.5 Å². The fourth-order valence-electron chi connectivity index (χ4n) is 2.92. The van der Waals surface area contributed by atoms with Crippen LogP contribution in [0.1, 0.15) is 18.9 Å². The number of aliphatic imine (C=N–C) groups is 1. The standard InChI is InChI=1S/C23H25N3O4S/c1-15(23(28)24-14-16-7-6-8-18(11-16)29-2)31-21-12-17(13-22(27)30-3)25-19-9-4-5-10-20(19)26-21/h4-12,15,25H,13-14H2,1-3H3,(H,24,28)/t15-/m1/s1. The zero-order valence-electron chi connectivity index (χ0n) is 17.7. The molecule has 162 valence electrons. The molecule has 1 atom stereocenters. The van der Waals surface area contributed by atoms with Crippen LogP contribution in [0.3, 0.4) is 0 Å². The maximum atomic E-state index is 12.7. The number of nitrogens with one attached hydrogen (secondary N) is 2. The Morgan fingerprint density at radius 2 is 1.97 bits per heavy atom. The van der Waals surface area contributed by atoms with Gasteiger partial charge >= 0.3 is 5.97 Å². The van der Waals surface area contributed by atoms with Crippen LogP contribution in [0.5, 0.6) is 5.75 Å². The lowest BCUT2D eigenvalue weighted by molar-refractivity contribution is -0.139. The van der Waals surface area contributed by atoms with Crippen LogP contribution in [0.4, 0.5) is 11.4 Å². The highest BCUT2D eigenvalue weighted by Crippen LogP contribution is 2.32. The summed E-state index contributed by atoms with van der Waals surface area (Å²) < 4.78 is 10.0. The second-order valence-corrected chi connectivity index (χ2v) is 8.21. The molecule has 0 saturated heterocycles. The highest BCUT2D eigenvalue weighted by molar-refractivity contribution is 8.15. The highest BCUT2D eigenvalue weighted by Gasteiger charge is 2.19. The number of rotatable bonds is 7. The predicted octanol–water partition coefficient (Wildman–Crippen LogP) is 4.04. The summed E-state index contributed by atoms with van der Waals surface area (Å²) in [6.07, 6.45) is 1.87. The SMILES string of the molecule is COC(=O)CC1=CC(S[C@H](C)C(=O)NCc2cccc(OC)c2)=Nc2ccccc2N1. The molecule has 0 unspecified atom stereocenters. The molecule has 3 rings (SSSR count). The van der Waals surface area contributed by atoms with Gasteiger partial charge in [-0.15, -0.1) is 0 Å². The number of hydrogen-bond donors (Lipinski definition) is 2. The van der Waals surface area contributed by atoms with Crippen LogP contribution in [0.15, 0.2) is 65.3 Å². The average Bonchev–Trinajstić information content (AvgIpc) is 2.95. The van der Waals surface area contributed by atoms with Gasteiger partial charge in [-0.25, -0.2) is 4.99 Å². The summed E-state index contributed by atoms with van der Waals surface area (Å²) in [7, 11) is 2.96. The molecule has 0 radical (unpaired) electrons. The van der Waals surface area contributed by atoms with Crippen LogP contribution in [0.2, 0.25) is 0 Å². The van der Waals surface area contributed by atoms with Crippen molar-refractivity contribution in [3.63, 3.8) is 0 Å². The first-order valence-corrected chi connectivity index (χ1v) is 10.7. The van der Waals surface area contributed by atoms with E-state index in [0.717, 1.165) is 22.7 Å². The van der Waals surface area contributed by atoms with Crippen molar-refractivity contribution in [1.82, 2.24) is 5.32 Å². The molecule has 0 aliphatic carbocycles. The van der Waals surface area contributed by atoms with Gasteiger partial charge in [0.05, 0.1) is 42.3 Å². The minimum Gasteiger partial charge on any atom is -0.497 e.